The first-order valence-electron chi connectivity index (χ1n) is 8.48. The fourth-order valence-corrected chi connectivity index (χ4v) is 4.89. The van der Waals surface area contributed by atoms with E-state index in [1.165, 1.54) is 11.3 Å². The first-order chi connectivity index (χ1) is 11.2. The third-order valence-corrected chi connectivity index (χ3v) is 6.30. The Hall–Kier alpha value is -1.18. The molecule has 1 aromatic heterocycles. The van der Waals surface area contributed by atoms with E-state index < -0.39 is 0 Å². The topological polar surface area (TPSA) is 48.9 Å². The van der Waals surface area contributed by atoms with Gasteiger partial charge in [-0.1, -0.05) is 0 Å². The zero-order valence-corrected chi connectivity index (χ0v) is 14.4. The maximum atomic E-state index is 12.1. The molecular weight excluding hydrogens is 312 g/mol. The van der Waals surface area contributed by atoms with Crippen LogP contribution in [0.2, 0.25) is 0 Å². The summed E-state index contributed by atoms with van der Waals surface area (Å²) in [4.78, 5) is 24.8. The van der Waals surface area contributed by atoms with Gasteiger partial charge < -0.3 is 14.5 Å². The molecule has 3 aliphatic rings. The van der Waals surface area contributed by atoms with E-state index in [9.17, 15) is 4.79 Å². The summed E-state index contributed by atoms with van der Waals surface area (Å²) in [6.45, 7) is 5.24. The predicted molar refractivity (Wildman–Crippen MR) is 89.8 cm³/mol. The molecule has 126 valence electrons. The lowest BCUT2D eigenvalue weighted by Crippen LogP contribution is -2.38. The summed E-state index contributed by atoms with van der Waals surface area (Å²) in [6, 6.07) is 0.914. The Bertz CT molecular complexity index is 572. The van der Waals surface area contributed by atoms with Gasteiger partial charge >= 0.3 is 0 Å². The van der Waals surface area contributed by atoms with E-state index in [-0.39, 0.29) is 0 Å². The molecular formula is C16H24N4O2S. The van der Waals surface area contributed by atoms with Gasteiger partial charge in [0.2, 0.25) is 5.91 Å². The highest BCUT2D eigenvalue weighted by Crippen LogP contribution is 2.33. The lowest BCUT2D eigenvalue weighted by Gasteiger charge is -2.27. The highest BCUT2D eigenvalue weighted by atomic mass is 32.1. The van der Waals surface area contributed by atoms with E-state index in [1.54, 1.807) is 11.3 Å². The molecule has 23 heavy (non-hydrogen) atoms. The molecule has 0 aromatic carbocycles. The van der Waals surface area contributed by atoms with Crippen LogP contribution < -0.4 is 4.90 Å². The molecule has 0 saturated carbocycles. The molecule has 6 nitrogen and oxygen atoms in total. The van der Waals surface area contributed by atoms with E-state index in [0.717, 1.165) is 50.9 Å². The van der Waals surface area contributed by atoms with Crippen LogP contribution in [0, 0.1) is 0 Å². The second kappa shape index (κ2) is 6.37. The Kier molecular flexibility index (Phi) is 4.26. The van der Waals surface area contributed by atoms with Crippen LogP contribution in [0.4, 0.5) is 5.13 Å². The quantitative estimate of drug-likeness (QED) is 0.829. The molecule has 7 heteroatoms. The fraction of sp³-hybridized carbons (Fsp3) is 0.750. The summed E-state index contributed by atoms with van der Waals surface area (Å²) in [5.41, 5.74) is 0. The Labute approximate surface area is 141 Å². The van der Waals surface area contributed by atoms with Crippen molar-refractivity contribution in [2.75, 3.05) is 44.8 Å². The molecule has 0 N–H and O–H groups in total. The standard InChI is InChI=1S/C16H24N4O2S/c1-18-10-13-3-2-12(8-15(18)21)20(13)11-14-9-17-16(23-14)19-4-6-22-7-5-19/h9,12-13H,2-8,10-11H2,1H3/t12-,13+/m1/s1. The molecule has 0 aliphatic carbocycles. The Morgan fingerprint density at radius 3 is 2.91 bits per heavy atom. The zero-order valence-electron chi connectivity index (χ0n) is 13.6. The monoisotopic (exact) mass is 336 g/mol. The van der Waals surface area contributed by atoms with E-state index in [2.05, 4.69) is 14.8 Å². The minimum Gasteiger partial charge on any atom is -0.378 e. The molecule has 3 fully saturated rings. The lowest BCUT2D eigenvalue weighted by molar-refractivity contribution is -0.130. The average molecular weight is 336 g/mol. The number of fused-ring (bicyclic) bond motifs is 2. The van der Waals surface area contributed by atoms with Crippen molar-refractivity contribution in [3.8, 4) is 0 Å². The number of hydrogen-bond donors (Lipinski definition) is 0. The molecule has 2 atom stereocenters. The number of likely N-dealkylation sites (N-methyl/N-ethyl adjacent to an activating group) is 1. The highest BCUT2D eigenvalue weighted by molar-refractivity contribution is 7.15. The number of likely N-dealkylation sites (tertiary alicyclic amines) is 1. The zero-order chi connectivity index (χ0) is 15.8. The Morgan fingerprint density at radius 2 is 2.09 bits per heavy atom. The summed E-state index contributed by atoms with van der Waals surface area (Å²) in [5.74, 6) is 0.292. The number of morpholine rings is 1. The summed E-state index contributed by atoms with van der Waals surface area (Å²) in [5, 5.41) is 1.11. The summed E-state index contributed by atoms with van der Waals surface area (Å²) < 4.78 is 5.41. The normalized spacial score (nSPS) is 29.2. The number of carbonyl (C=O) groups excluding carboxylic acids is 1. The van der Waals surface area contributed by atoms with E-state index in [0.29, 0.717) is 24.4 Å². The van der Waals surface area contributed by atoms with Crippen molar-refractivity contribution in [3.05, 3.63) is 11.1 Å². The SMILES string of the molecule is CN1C[C@@H]2CC[C@H](CC1=O)N2Cc1cnc(N2CCOCC2)s1. The van der Waals surface area contributed by atoms with Gasteiger partial charge in [0, 0.05) is 62.8 Å². The molecule has 1 amide bonds. The number of rotatable bonds is 3. The van der Waals surface area contributed by atoms with Gasteiger partial charge in [-0.2, -0.15) is 0 Å². The first-order valence-corrected chi connectivity index (χ1v) is 9.29. The number of aromatic nitrogens is 1. The third kappa shape index (κ3) is 3.09. The average Bonchev–Trinajstić information content (AvgIpc) is 3.14. The Morgan fingerprint density at radius 1 is 1.30 bits per heavy atom. The number of nitrogens with zero attached hydrogens (tertiary/aromatic N) is 4. The van der Waals surface area contributed by atoms with Crippen molar-refractivity contribution in [3.63, 3.8) is 0 Å². The van der Waals surface area contributed by atoms with Gasteiger partial charge in [-0.15, -0.1) is 11.3 Å². The second-order valence-electron chi connectivity index (χ2n) is 6.74. The summed E-state index contributed by atoms with van der Waals surface area (Å²) in [6.07, 6.45) is 5.05. The number of ether oxygens (including phenoxy) is 1. The number of thiazole rings is 1. The lowest BCUT2D eigenvalue weighted by atomic mass is 10.1. The van der Waals surface area contributed by atoms with Crippen LogP contribution >= 0.6 is 11.3 Å². The molecule has 4 heterocycles. The number of carbonyl (C=O) groups is 1. The molecule has 4 rings (SSSR count). The number of amides is 1. The molecule has 0 spiro atoms. The Balaban J connectivity index is 1.45. The molecule has 3 aliphatic heterocycles. The van der Waals surface area contributed by atoms with Gasteiger partial charge in [-0.05, 0) is 12.8 Å². The van der Waals surface area contributed by atoms with Gasteiger partial charge in [0.15, 0.2) is 5.13 Å². The second-order valence-corrected chi connectivity index (χ2v) is 7.84. The van der Waals surface area contributed by atoms with Crippen molar-refractivity contribution >= 4 is 22.4 Å². The van der Waals surface area contributed by atoms with Crippen LogP contribution in [0.15, 0.2) is 6.20 Å². The van der Waals surface area contributed by atoms with Crippen LogP contribution in [0.1, 0.15) is 24.1 Å². The largest absolute Gasteiger partial charge is 0.378 e. The number of anilines is 1. The predicted octanol–water partition coefficient (Wildman–Crippen LogP) is 1.17. The molecule has 0 unspecified atom stereocenters. The van der Waals surface area contributed by atoms with Gasteiger partial charge in [0.1, 0.15) is 0 Å². The minimum absolute atomic E-state index is 0.292. The van der Waals surface area contributed by atoms with Crippen LogP contribution in [-0.2, 0) is 16.1 Å². The summed E-state index contributed by atoms with van der Waals surface area (Å²) in [7, 11) is 1.93. The van der Waals surface area contributed by atoms with E-state index >= 15 is 0 Å². The maximum Gasteiger partial charge on any atom is 0.223 e. The third-order valence-electron chi connectivity index (χ3n) is 5.25. The minimum atomic E-state index is 0.292. The first kappa shape index (κ1) is 15.4. The smallest absolute Gasteiger partial charge is 0.223 e. The van der Waals surface area contributed by atoms with Crippen LogP contribution in [0.5, 0.6) is 0 Å². The van der Waals surface area contributed by atoms with Gasteiger partial charge in [-0.25, -0.2) is 4.98 Å². The van der Waals surface area contributed by atoms with Crippen molar-refractivity contribution in [2.24, 2.45) is 0 Å². The van der Waals surface area contributed by atoms with Crippen molar-refractivity contribution in [1.29, 1.82) is 0 Å². The fourth-order valence-electron chi connectivity index (χ4n) is 3.91. The molecule has 3 saturated heterocycles. The van der Waals surface area contributed by atoms with Gasteiger partial charge in [-0.3, -0.25) is 9.69 Å². The van der Waals surface area contributed by atoms with Crippen molar-refractivity contribution < 1.29 is 9.53 Å². The summed E-state index contributed by atoms with van der Waals surface area (Å²) >= 11 is 1.79. The molecule has 0 radical (unpaired) electrons. The van der Waals surface area contributed by atoms with Gasteiger partial charge in [0.25, 0.3) is 0 Å². The molecule has 2 bridgehead atoms. The van der Waals surface area contributed by atoms with E-state index in [1.807, 2.05) is 18.1 Å². The van der Waals surface area contributed by atoms with Crippen molar-refractivity contribution in [1.82, 2.24) is 14.8 Å². The molecule has 1 aromatic rings. The maximum absolute atomic E-state index is 12.1. The van der Waals surface area contributed by atoms with Crippen LogP contribution in [-0.4, -0.2) is 72.7 Å². The van der Waals surface area contributed by atoms with E-state index in [4.69, 9.17) is 4.74 Å². The number of hydrogen-bond acceptors (Lipinski definition) is 6. The highest BCUT2D eigenvalue weighted by Gasteiger charge is 2.39. The van der Waals surface area contributed by atoms with Crippen LogP contribution in [0.3, 0.4) is 0 Å². The van der Waals surface area contributed by atoms with Gasteiger partial charge in [0.05, 0.1) is 13.2 Å². The van der Waals surface area contributed by atoms with Crippen LogP contribution in [0.25, 0.3) is 0 Å². The van der Waals surface area contributed by atoms with Crippen molar-refractivity contribution in [2.45, 2.75) is 37.9 Å².